The average molecular weight is 330 g/mol. The smallest absolute Gasteiger partial charge is 0.225 e. The van der Waals surface area contributed by atoms with Crippen LogP contribution in [0.3, 0.4) is 0 Å². The molecule has 1 aromatic heterocycles. The minimum Gasteiger partial charge on any atom is -0.351 e. The van der Waals surface area contributed by atoms with Gasteiger partial charge in [-0.1, -0.05) is 12.8 Å². The Morgan fingerprint density at radius 2 is 1.71 bits per heavy atom. The lowest BCUT2D eigenvalue weighted by Crippen LogP contribution is -2.17. The van der Waals surface area contributed by atoms with E-state index in [0.29, 0.717) is 29.4 Å². The second kappa shape index (κ2) is 6.34. The van der Waals surface area contributed by atoms with Crippen LogP contribution < -0.4 is 10.6 Å². The van der Waals surface area contributed by atoms with Gasteiger partial charge in [0.25, 0.3) is 0 Å². The van der Waals surface area contributed by atoms with Crippen molar-refractivity contribution in [3.05, 3.63) is 41.6 Å². The van der Waals surface area contributed by atoms with Gasteiger partial charge in [-0.25, -0.2) is 13.8 Å². The highest BCUT2D eigenvalue weighted by atomic mass is 19.2. The van der Waals surface area contributed by atoms with E-state index < -0.39 is 11.6 Å². The molecule has 2 N–H and O–H groups in total. The van der Waals surface area contributed by atoms with Crippen molar-refractivity contribution < 1.29 is 8.78 Å². The molecule has 126 valence electrons. The molecule has 0 saturated heterocycles. The molecule has 2 aliphatic rings. The molecular formula is C18H20F2N4. The Hall–Kier alpha value is -2.24. The molecule has 1 aromatic carbocycles. The Bertz CT molecular complexity index is 740. The van der Waals surface area contributed by atoms with Crippen LogP contribution >= 0.6 is 0 Å². The molecule has 4 rings (SSSR count). The van der Waals surface area contributed by atoms with E-state index >= 15 is 0 Å². The van der Waals surface area contributed by atoms with Crippen LogP contribution in [0.25, 0.3) is 0 Å². The Morgan fingerprint density at radius 1 is 0.917 bits per heavy atom. The van der Waals surface area contributed by atoms with Crippen LogP contribution in [0.15, 0.2) is 24.3 Å². The molecule has 2 fully saturated rings. The number of hydrogen-bond donors (Lipinski definition) is 2. The summed E-state index contributed by atoms with van der Waals surface area (Å²) in [6, 6.07) is 6.08. The zero-order valence-electron chi connectivity index (χ0n) is 13.4. The summed E-state index contributed by atoms with van der Waals surface area (Å²) < 4.78 is 26.5. The molecule has 0 bridgehead atoms. The van der Waals surface area contributed by atoms with Gasteiger partial charge in [-0.2, -0.15) is 4.98 Å². The third-order valence-corrected chi connectivity index (χ3v) is 4.62. The number of halogens is 2. The van der Waals surface area contributed by atoms with E-state index in [9.17, 15) is 8.78 Å². The zero-order valence-corrected chi connectivity index (χ0v) is 13.4. The van der Waals surface area contributed by atoms with E-state index in [-0.39, 0.29) is 0 Å². The molecule has 2 aliphatic carbocycles. The maximum atomic E-state index is 13.4. The summed E-state index contributed by atoms with van der Waals surface area (Å²) in [5, 5.41) is 6.48. The third kappa shape index (κ3) is 3.47. The highest BCUT2D eigenvalue weighted by Crippen LogP contribution is 2.40. The van der Waals surface area contributed by atoms with E-state index in [1.165, 1.54) is 18.9 Å². The van der Waals surface area contributed by atoms with Gasteiger partial charge in [-0.15, -0.1) is 0 Å². The first-order chi connectivity index (χ1) is 11.7. The van der Waals surface area contributed by atoms with Crippen molar-refractivity contribution in [1.82, 2.24) is 9.97 Å². The summed E-state index contributed by atoms with van der Waals surface area (Å²) in [7, 11) is 0. The summed E-state index contributed by atoms with van der Waals surface area (Å²) >= 11 is 0. The van der Waals surface area contributed by atoms with Gasteiger partial charge in [0.05, 0.1) is 5.69 Å². The third-order valence-electron chi connectivity index (χ3n) is 4.62. The quantitative estimate of drug-likeness (QED) is 0.832. The average Bonchev–Trinajstić information content (AvgIpc) is 3.29. The predicted octanol–water partition coefficient (Wildman–Crippen LogP) is 4.73. The van der Waals surface area contributed by atoms with Crippen molar-refractivity contribution in [2.45, 2.75) is 50.5 Å². The van der Waals surface area contributed by atoms with Crippen LogP contribution in [0.2, 0.25) is 0 Å². The first-order valence-corrected chi connectivity index (χ1v) is 8.55. The monoisotopic (exact) mass is 330 g/mol. The van der Waals surface area contributed by atoms with Crippen LogP contribution in [-0.2, 0) is 0 Å². The lowest BCUT2D eigenvalue weighted by molar-refractivity contribution is 0.509. The van der Waals surface area contributed by atoms with E-state index in [1.54, 1.807) is 0 Å². The van der Waals surface area contributed by atoms with Crippen molar-refractivity contribution in [2.75, 3.05) is 10.6 Å². The molecule has 0 spiro atoms. The van der Waals surface area contributed by atoms with Gasteiger partial charge in [0, 0.05) is 29.8 Å². The highest BCUT2D eigenvalue weighted by molar-refractivity contribution is 5.58. The van der Waals surface area contributed by atoms with E-state index in [2.05, 4.69) is 20.6 Å². The van der Waals surface area contributed by atoms with Crippen LogP contribution in [0.4, 0.5) is 26.2 Å². The Morgan fingerprint density at radius 3 is 2.42 bits per heavy atom. The summed E-state index contributed by atoms with van der Waals surface area (Å²) in [6.45, 7) is 0. The lowest BCUT2D eigenvalue weighted by Gasteiger charge is -2.15. The van der Waals surface area contributed by atoms with E-state index in [0.717, 1.165) is 43.5 Å². The van der Waals surface area contributed by atoms with Crippen molar-refractivity contribution >= 4 is 17.5 Å². The summed E-state index contributed by atoms with van der Waals surface area (Å²) in [6.07, 6.45) is 7.04. The summed E-state index contributed by atoms with van der Waals surface area (Å²) in [5.74, 6) is -0.0105. The summed E-state index contributed by atoms with van der Waals surface area (Å²) in [4.78, 5) is 9.14. The maximum Gasteiger partial charge on any atom is 0.225 e. The van der Waals surface area contributed by atoms with Crippen molar-refractivity contribution in [3.8, 4) is 0 Å². The second-order valence-electron chi connectivity index (χ2n) is 6.66. The molecule has 0 aliphatic heterocycles. The van der Waals surface area contributed by atoms with Crippen LogP contribution in [0, 0.1) is 11.6 Å². The SMILES string of the molecule is Fc1ccc(Nc2cc(C3CC3)nc(NC3CCCC3)n2)cc1F. The second-order valence-corrected chi connectivity index (χ2v) is 6.66. The normalized spacial score (nSPS) is 17.9. The minimum absolute atomic E-state index is 0.426. The number of anilines is 3. The number of benzene rings is 1. The van der Waals surface area contributed by atoms with Gasteiger partial charge in [-0.05, 0) is 37.8 Å². The predicted molar refractivity (Wildman–Crippen MR) is 89.5 cm³/mol. The molecule has 0 radical (unpaired) electrons. The fourth-order valence-corrected chi connectivity index (χ4v) is 3.16. The molecule has 24 heavy (non-hydrogen) atoms. The molecule has 2 aromatic rings. The Labute approximate surface area is 139 Å². The first-order valence-electron chi connectivity index (χ1n) is 8.55. The number of nitrogens with one attached hydrogen (secondary N) is 2. The fraction of sp³-hybridized carbons (Fsp3) is 0.444. The minimum atomic E-state index is -0.874. The summed E-state index contributed by atoms with van der Waals surface area (Å²) in [5.41, 5.74) is 1.48. The van der Waals surface area contributed by atoms with Gasteiger partial charge in [0.2, 0.25) is 5.95 Å². The first kappa shape index (κ1) is 15.3. The number of rotatable bonds is 5. The van der Waals surface area contributed by atoms with E-state index in [4.69, 9.17) is 0 Å². The number of nitrogens with zero attached hydrogens (tertiary/aromatic N) is 2. The highest BCUT2D eigenvalue weighted by Gasteiger charge is 2.27. The standard InChI is InChI=1S/C18H20F2N4/c19-14-8-7-13(9-15(14)20)21-17-10-16(11-5-6-11)23-18(24-17)22-12-3-1-2-4-12/h7-12H,1-6H2,(H2,21,22,23,24). The maximum absolute atomic E-state index is 13.4. The zero-order chi connectivity index (χ0) is 16.5. The molecule has 6 heteroatoms. The van der Waals surface area contributed by atoms with Crippen molar-refractivity contribution in [3.63, 3.8) is 0 Å². The Kier molecular flexibility index (Phi) is 4.04. The number of aromatic nitrogens is 2. The van der Waals surface area contributed by atoms with Crippen molar-refractivity contribution in [1.29, 1.82) is 0 Å². The fourth-order valence-electron chi connectivity index (χ4n) is 3.16. The van der Waals surface area contributed by atoms with Gasteiger partial charge in [0.1, 0.15) is 5.82 Å². The van der Waals surface area contributed by atoms with Crippen LogP contribution in [0.1, 0.15) is 50.1 Å². The number of hydrogen-bond acceptors (Lipinski definition) is 4. The largest absolute Gasteiger partial charge is 0.351 e. The van der Waals surface area contributed by atoms with Gasteiger partial charge in [-0.3, -0.25) is 0 Å². The molecule has 0 unspecified atom stereocenters. The molecule has 4 nitrogen and oxygen atoms in total. The van der Waals surface area contributed by atoms with Gasteiger partial charge in [0.15, 0.2) is 11.6 Å². The lowest BCUT2D eigenvalue weighted by atomic mass is 10.2. The van der Waals surface area contributed by atoms with Crippen molar-refractivity contribution in [2.24, 2.45) is 0 Å². The molecule has 0 amide bonds. The van der Waals surface area contributed by atoms with Gasteiger partial charge >= 0.3 is 0 Å². The molecule has 2 saturated carbocycles. The molecule has 1 heterocycles. The van der Waals surface area contributed by atoms with Crippen LogP contribution in [0.5, 0.6) is 0 Å². The van der Waals surface area contributed by atoms with Gasteiger partial charge < -0.3 is 10.6 Å². The molecular weight excluding hydrogens is 310 g/mol. The molecule has 0 atom stereocenters. The Balaban J connectivity index is 1.58. The van der Waals surface area contributed by atoms with Crippen LogP contribution in [-0.4, -0.2) is 16.0 Å². The van der Waals surface area contributed by atoms with E-state index in [1.807, 2.05) is 6.07 Å². The topological polar surface area (TPSA) is 49.8 Å².